The Morgan fingerprint density at radius 3 is 2.14 bits per heavy atom. The van der Waals surface area contributed by atoms with E-state index in [9.17, 15) is 14.4 Å². The molecule has 4 nitrogen and oxygen atoms in total. The predicted molar refractivity (Wildman–Crippen MR) is 48.8 cm³/mol. The van der Waals surface area contributed by atoms with Crippen LogP contribution in [0.1, 0.15) is 38.5 Å². The molecular weight excluding hydrogens is 184 g/mol. The zero-order chi connectivity index (χ0) is 10.6. The smallest absolute Gasteiger partial charge is 0.303 e. The van der Waals surface area contributed by atoms with Crippen LogP contribution in [-0.2, 0) is 14.4 Å². The molecule has 0 spiro atoms. The van der Waals surface area contributed by atoms with E-state index in [2.05, 4.69) is 0 Å². The molecule has 0 aromatic carbocycles. The molecule has 0 amide bonds. The third-order valence-corrected chi connectivity index (χ3v) is 2.57. The van der Waals surface area contributed by atoms with Crippen LogP contribution in [0.25, 0.3) is 0 Å². The van der Waals surface area contributed by atoms with E-state index >= 15 is 0 Å². The van der Waals surface area contributed by atoms with Crippen LogP contribution in [0.5, 0.6) is 0 Å². The summed E-state index contributed by atoms with van der Waals surface area (Å²) in [6, 6.07) is 0. The Bertz CT molecular complexity index is 251. The minimum absolute atomic E-state index is 0.128. The third-order valence-electron chi connectivity index (χ3n) is 2.57. The van der Waals surface area contributed by atoms with Crippen LogP contribution in [0, 0.1) is 5.92 Å². The van der Waals surface area contributed by atoms with Gasteiger partial charge in [0.25, 0.3) is 0 Å². The summed E-state index contributed by atoms with van der Waals surface area (Å²) in [6.07, 6.45) is 3.20. The highest BCUT2D eigenvalue weighted by Gasteiger charge is 2.27. The SMILES string of the molecule is O=C(O)CCC(=O)C(=O)C1CCCC1. The number of carboxylic acid groups (broad SMARTS) is 1. The number of ketones is 2. The molecule has 0 atom stereocenters. The van der Waals surface area contributed by atoms with Crippen LogP contribution < -0.4 is 0 Å². The summed E-state index contributed by atoms with van der Waals surface area (Å²) in [5, 5.41) is 8.35. The van der Waals surface area contributed by atoms with Crippen molar-refractivity contribution in [2.75, 3.05) is 0 Å². The Hall–Kier alpha value is -1.19. The first-order chi connectivity index (χ1) is 6.61. The Labute approximate surface area is 82.3 Å². The van der Waals surface area contributed by atoms with E-state index in [1.165, 1.54) is 0 Å². The first kappa shape index (κ1) is 10.9. The van der Waals surface area contributed by atoms with Crippen molar-refractivity contribution in [2.45, 2.75) is 38.5 Å². The van der Waals surface area contributed by atoms with E-state index in [1.807, 2.05) is 0 Å². The van der Waals surface area contributed by atoms with Gasteiger partial charge in [0.2, 0.25) is 5.78 Å². The molecule has 0 aromatic rings. The van der Waals surface area contributed by atoms with Gasteiger partial charge in [-0.1, -0.05) is 12.8 Å². The van der Waals surface area contributed by atoms with Crippen LogP contribution >= 0.6 is 0 Å². The van der Waals surface area contributed by atoms with E-state index in [4.69, 9.17) is 5.11 Å². The number of carbonyl (C=O) groups is 3. The van der Waals surface area contributed by atoms with Crippen molar-refractivity contribution >= 4 is 17.5 Å². The number of Topliss-reactive ketones (excluding diaryl/α,β-unsaturated/α-hetero) is 2. The molecule has 1 fully saturated rings. The van der Waals surface area contributed by atoms with Gasteiger partial charge in [0, 0.05) is 12.3 Å². The monoisotopic (exact) mass is 198 g/mol. The molecule has 0 saturated heterocycles. The van der Waals surface area contributed by atoms with E-state index < -0.39 is 11.8 Å². The van der Waals surface area contributed by atoms with Crippen LogP contribution in [0.4, 0.5) is 0 Å². The first-order valence-corrected chi connectivity index (χ1v) is 4.90. The van der Waals surface area contributed by atoms with Crippen LogP contribution in [0.2, 0.25) is 0 Å². The maximum atomic E-state index is 11.4. The topological polar surface area (TPSA) is 71.4 Å². The molecular formula is C10H14O4. The van der Waals surface area contributed by atoms with Gasteiger partial charge in [0.05, 0.1) is 6.42 Å². The van der Waals surface area contributed by atoms with Gasteiger partial charge < -0.3 is 5.11 Å². The number of carbonyl (C=O) groups excluding carboxylic acids is 2. The quantitative estimate of drug-likeness (QED) is 0.673. The number of rotatable bonds is 5. The second kappa shape index (κ2) is 4.88. The summed E-state index contributed by atoms with van der Waals surface area (Å²) < 4.78 is 0. The highest BCUT2D eigenvalue weighted by atomic mass is 16.4. The van der Waals surface area contributed by atoms with Crippen molar-refractivity contribution in [3.63, 3.8) is 0 Å². The Kier molecular flexibility index (Phi) is 3.80. The van der Waals surface area contributed by atoms with Crippen LogP contribution in [0.15, 0.2) is 0 Å². The largest absolute Gasteiger partial charge is 0.481 e. The summed E-state index contributed by atoms with van der Waals surface area (Å²) in [5.74, 6) is -2.03. The molecule has 78 valence electrons. The van der Waals surface area contributed by atoms with Crippen LogP contribution in [-0.4, -0.2) is 22.6 Å². The zero-order valence-corrected chi connectivity index (χ0v) is 7.99. The summed E-state index contributed by atoms with van der Waals surface area (Å²) in [4.78, 5) is 32.8. The molecule has 1 aliphatic rings. The van der Waals surface area contributed by atoms with Gasteiger partial charge in [0.1, 0.15) is 0 Å². The molecule has 0 radical (unpaired) electrons. The Morgan fingerprint density at radius 2 is 1.64 bits per heavy atom. The predicted octanol–water partition coefficient (Wildman–Crippen LogP) is 1.18. The lowest BCUT2D eigenvalue weighted by atomic mass is 9.97. The number of aliphatic carboxylic acids is 1. The lowest BCUT2D eigenvalue weighted by Crippen LogP contribution is -2.22. The zero-order valence-electron chi connectivity index (χ0n) is 7.99. The Morgan fingerprint density at radius 1 is 1.07 bits per heavy atom. The van der Waals surface area contributed by atoms with E-state index in [0.29, 0.717) is 0 Å². The molecule has 0 aliphatic heterocycles. The molecule has 0 heterocycles. The lowest BCUT2D eigenvalue weighted by molar-refractivity contribution is -0.142. The van der Waals surface area contributed by atoms with Gasteiger partial charge in [-0.15, -0.1) is 0 Å². The van der Waals surface area contributed by atoms with Gasteiger partial charge in [-0.2, -0.15) is 0 Å². The number of carboxylic acids is 1. The number of hydrogen-bond donors (Lipinski definition) is 1. The molecule has 1 rings (SSSR count). The highest BCUT2D eigenvalue weighted by Crippen LogP contribution is 2.26. The van der Waals surface area contributed by atoms with Crippen LogP contribution in [0.3, 0.4) is 0 Å². The molecule has 1 aliphatic carbocycles. The fourth-order valence-electron chi connectivity index (χ4n) is 1.76. The third kappa shape index (κ3) is 2.94. The minimum Gasteiger partial charge on any atom is -0.481 e. The number of hydrogen-bond acceptors (Lipinski definition) is 3. The molecule has 0 unspecified atom stereocenters. The van der Waals surface area contributed by atoms with Gasteiger partial charge in [0.15, 0.2) is 5.78 Å². The van der Waals surface area contributed by atoms with Gasteiger partial charge in [-0.25, -0.2) is 0 Å². The minimum atomic E-state index is -1.03. The first-order valence-electron chi connectivity index (χ1n) is 4.90. The molecule has 1 N–H and O–H groups in total. The maximum absolute atomic E-state index is 11.4. The van der Waals surface area contributed by atoms with Gasteiger partial charge >= 0.3 is 5.97 Å². The van der Waals surface area contributed by atoms with Crippen molar-refractivity contribution in [3.05, 3.63) is 0 Å². The second-order valence-corrected chi connectivity index (χ2v) is 3.66. The highest BCUT2D eigenvalue weighted by molar-refractivity contribution is 6.38. The van der Waals surface area contributed by atoms with E-state index in [1.54, 1.807) is 0 Å². The fourth-order valence-corrected chi connectivity index (χ4v) is 1.76. The summed E-state index contributed by atoms with van der Waals surface area (Å²) in [6.45, 7) is 0. The van der Waals surface area contributed by atoms with Crippen molar-refractivity contribution in [1.82, 2.24) is 0 Å². The molecule has 1 saturated carbocycles. The van der Waals surface area contributed by atoms with Gasteiger partial charge in [-0.3, -0.25) is 14.4 Å². The summed E-state index contributed by atoms with van der Waals surface area (Å²) >= 11 is 0. The standard InChI is InChI=1S/C10H14O4/c11-8(5-6-9(12)13)10(14)7-3-1-2-4-7/h7H,1-6H2,(H,12,13). The van der Waals surface area contributed by atoms with Crippen molar-refractivity contribution < 1.29 is 19.5 Å². The van der Waals surface area contributed by atoms with E-state index in [0.717, 1.165) is 25.7 Å². The van der Waals surface area contributed by atoms with Crippen molar-refractivity contribution in [1.29, 1.82) is 0 Å². The van der Waals surface area contributed by atoms with E-state index in [-0.39, 0.29) is 24.5 Å². The maximum Gasteiger partial charge on any atom is 0.303 e. The molecule has 4 heteroatoms. The Balaban J connectivity index is 2.36. The average Bonchev–Trinajstić information content (AvgIpc) is 2.65. The average molecular weight is 198 g/mol. The molecule has 0 bridgehead atoms. The summed E-state index contributed by atoms with van der Waals surface area (Å²) in [7, 11) is 0. The normalized spacial score (nSPS) is 16.9. The van der Waals surface area contributed by atoms with Gasteiger partial charge in [-0.05, 0) is 12.8 Å². The molecule has 0 aromatic heterocycles. The van der Waals surface area contributed by atoms with Crippen molar-refractivity contribution in [2.24, 2.45) is 5.92 Å². The van der Waals surface area contributed by atoms with Crippen molar-refractivity contribution in [3.8, 4) is 0 Å². The second-order valence-electron chi connectivity index (χ2n) is 3.66. The fraction of sp³-hybridized carbons (Fsp3) is 0.700. The summed E-state index contributed by atoms with van der Waals surface area (Å²) in [5.41, 5.74) is 0. The lowest BCUT2D eigenvalue weighted by Gasteiger charge is -2.05. The molecule has 14 heavy (non-hydrogen) atoms.